The van der Waals surface area contributed by atoms with Gasteiger partial charge in [-0.2, -0.15) is 13.2 Å². The van der Waals surface area contributed by atoms with Gasteiger partial charge >= 0.3 is 6.18 Å². The van der Waals surface area contributed by atoms with E-state index in [4.69, 9.17) is 14.2 Å². The van der Waals surface area contributed by atoms with E-state index >= 15 is 0 Å². The zero-order valence-corrected chi connectivity index (χ0v) is 19.4. The average molecular weight is 465 g/mol. The van der Waals surface area contributed by atoms with E-state index < -0.39 is 12.6 Å². The van der Waals surface area contributed by atoms with E-state index in [-0.39, 0.29) is 25.2 Å². The van der Waals surface area contributed by atoms with Crippen LogP contribution in [0.4, 0.5) is 13.2 Å². The second kappa shape index (κ2) is 13.0. The molecule has 3 rings (SSSR count). The highest BCUT2D eigenvalue weighted by molar-refractivity contribution is 5.64. The Morgan fingerprint density at radius 1 is 0.818 bits per heavy atom. The van der Waals surface area contributed by atoms with Crippen LogP contribution in [0, 0.1) is 0 Å². The van der Waals surface area contributed by atoms with Crippen molar-refractivity contribution in [3.63, 3.8) is 0 Å². The number of hydrogen-bond donors (Lipinski definition) is 0. The maximum absolute atomic E-state index is 12.2. The fourth-order valence-corrected chi connectivity index (χ4v) is 3.97. The van der Waals surface area contributed by atoms with Crippen LogP contribution in [-0.4, -0.2) is 32.1 Å². The standard InChI is InChI=1S/C27H35F3O3/c1-2-3-4-5-6-8-25-19-33-26(20-32-25)23-11-9-21(10-12-23)22-13-15-24(16-14-22)31-18-7-17-27(28,29)30/h9-16,25-26H,2-8,17-20H2,1H3. The Morgan fingerprint density at radius 3 is 2.09 bits per heavy atom. The third kappa shape index (κ3) is 9.01. The molecule has 1 aliphatic heterocycles. The zero-order valence-electron chi connectivity index (χ0n) is 19.4. The fraction of sp³-hybridized carbons (Fsp3) is 0.556. The van der Waals surface area contributed by atoms with E-state index in [2.05, 4.69) is 31.2 Å². The number of hydrogen-bond acceptors (Lipinski definition) is 3. The first-order valence-corrected chi connectivity index (χ1v) is 12.1. The van der Waals surface area contributed by atoms with Gasteiger partial charge in [0.05, 0.1) is 25.9 Å². The number of unbranched alkanes of at least 4 members (excludes halogenated alkanes) is 4. The minimum Gasteiger partial charge on any atom is -0.494 e. The van der Waals surface area contributed by atoms with E-state index in [1.807, 2.05) is 12.1 Å². The summed E-state index contributed by atoms with van der Waals surface area (Å²) in [4.78, 5) is 0. The molecule has 33 heavy (non-hydrogen) atoms. The van der Waals surface area contributed by atoms with Crippen LogP contribution in [0.15, 0.2) is 48.5 Å². The maximum Gasteiger partial charge on any atom is 0.389 e. The van der Waals surface area contributed by atoms with Crippen molar-refractivity contribution < 1.29 is 27.4 Å². The van der Waals surface area contributed by atoms with E-state index in [1.54, 1.807) is 12.1 Å². The summed E-state index contributed by atoms with van der Waals surface area (Å²) in [5, 5.41) is 0. The van der Waals surface area contributed by atoms with E-state index in [0.717, 1.165) is 23.1 Å². The van der Waals surface area contributed by atoms with Crippen molar-refractivity contribution in [1.29, 1.82) is 0 Å². The highest BCUT2D eigenvalue weighted by Crippen LogP contribution is 2.28. The molecule has 0 saturated carbocycles. The Balaban J connectivity index is 1.42. The van der Waals surface area contributed by atoms with Crippen LogP contribution in [0.5, 0.6) is 5.75 Å². The smallest absolute Gasteiger partial charge is 0.389 e. The second-order valence-electron chi connectivity index (χ2n) is 8.69. The molecule has 2 aromatic rings. The number of rotatable bonds is 12. The van der Waals surface area contributed by atoms with Crippen molar-refractivity contribution in [2.45, 2.75) is 76.7 Å². The first-order valence-electron chi connectivity index (χ1n) is 12.1. The first-order chi connectivity index (χ1) is 15.9. The third-order valence-electron chi connectivity index (χ3n) is 5.94. The summed E-state index contributed by atoms with van der Waals surface area (Å²) in [7, 11) is 0. The zero-order chi connectivity index (χ0) is 23.5. The molecule has 0 N–H and O–H groups in total. The van der Waals surface area contributed by atoms with Crippen molar-refractivity contribution in [3.05, 3.63) is 54.1 Å². The minimum atomic E-state index is -4.14. The lowest BCUT2D eigenvalue weighted by molar-refractivity contribution is -0.137. The monoisotopic (exact) mass is 464 g/mol. The Labute approximate surface area is 195 Å². The third-order valence-corrected chi connectivity index (χ3v) is 5.94. The molecule has 2 unspecified atom stereocenters. The lowest BCUT2D eigenvalue weighted by Gasteiger charge is -2.30. The quantitative estimate of drug-likeness (QED) is 0.299. The van der Waals surface area contributed by atoms with Gasteiger partial charge in [-0.15, -0.1) is 0 Å². The molecule has 1 heterocycles. The molecule has 1 saturated heterocycles. The maximum atomic E-state index is 12.2. The molecule has 0 spiro atoms. The molecule has 0 aromatic heterocycles. The van der Waals surface area contributed by atoms with Gasteiger partial charge in [0, 0.05) is 6.42 Å². The number of benzene rings is 2. The molecule has 2 aromatic carbocycles. The molecule has 2 atom stereocenters. The van der Waals surface area contributed by atoms with Gasteiger partial charge in [-0.05, 0) is 41.7 Å². The van der Waals surface area contributed by atoms with Gasteiger partial charge in [-0.25, -0.2) is 0 Å². The van der Waals surface area contributed by atoms with Crippen LogP contribution in [0.25, 0.3) is 11.1 Å². The lowest BCUT2D eigenvalue weighted by atomic mass is 10.0. The highest BCUT2D eigenvalue weighted by atomic mass is 19.4. The molecule has 0 amide bonds. The Kier molecular flexibility index (Phi) is 10.1. The van der Waals surface area contributed by atoms with Crippen LogP contribution in [0.3, 0.4) is 0 Å². The number of ether oxygens (including phenoxy) is 3. The SMILES string of the molecule is CCCCCCCC1COC(c2ccc(-c3ccc(OCCCC(F)(F)F)cc3)cc2)CO1. The van der Waals surface area contributed by atoms with Crippen molar-refractivity contribution in [2.75, 3.05) is 19.8 Å². The largest absolute Gasteiger partial charge is 0.494 e. The summed E-state index contributed by atoms with van der Waals surface area (Å²) in [5.74, 6) is 0.574. The lowest BCUT2D eigenvalue weighted by Crippen LogP contribution is -2.31. The van der Waals surface area contributed by atoms with E-state index in [0.29, 0.717) is 19.0 Å². The van der Waals surface area contributed by atoms with Gasteiger partial charge in [-0.1, -0.05) is 75.4 Å². The Bertz CT molecular complexity index is 795. The fourth-order valence-electron chi connectivity index (χ4n) is 3.97. The summed E-state index contributed by atoms with van der Waals surface area (Å²) in [5.41, 5.74) is 3.18. The molecular formula is C27H35F3O3. The predicted molar refractivity (Wildman–Crippen MR) is 124 cm³/mol. The second-order valence-corrected chi connectivity index (χ2v) is 8.69. The molecular weight excluding hydrogens is 429 g/mol. The Hall–Kier alpha value is -2.05. The van der Waals surface area contributed by atoms with Gasteiger partial charge in [0.1, 0.15) is 11.9 Å². The van der Waals surface area contributed by atoms with Gasteiger partial charge in [0.25, 0.3) is 0 Å². The molecule has 3 nitrogen and oxygen atoms in total. The molecule has 1 fully saturated rings. The molecule has 6 heteroatoms. The molecule has 1 aliphatic rings. The van der Waals surface area contributed by atoms with Crippen molar-refractivity contribution in [3.8, 4) is 16.9 Å². The van der Waals surface area contributed by atoms with Gasteiger partial charge in [0.15, 0.2) is 0 Å². The van der Waals surface area contributed by atoms with Gasteiger partial charge in [0.2, 0.25) is 0 Å². The minimum absolute atomic E-state index is 0.0390. The average Bonchev–Trinajstić information content (AvgIpc) is 2.82. The van der Waals surface area contributed by atoms with Crippen molar-refractivity contribution >= 4 is 0 Å². The van der Waals surface area contributed by atoms with Gasteiger partial charge < -0.3 is 14.2 Å². The van der Waals surface area contributed by atoms with Crippen LogP contribution in [0.2, 0.25) is 0 Å². The molecule has 0 aliphatic carbocycles. The van der Waals surface area contributed by atoms with Crippen LogP contribution < -0.4 is 4.74 Å². The van der Waals surface area contributed by atoms with Gasteiger partial charge in [-0.3, -0.25) is 0 Å². The highest BCUT2D eigenvalue weighted by Gasteiger charge is 2.26. The van der Waals surface area contributed by atoms with Crippen molar-refractivity contribution in [2.24, 2.45) is 0 Å². The van der Waals surface area contributed by atoms with Crippen LogP contribution >= 0.6 is 0 Å². The number of halogens is 3. The first kappa shape index (κ1) is 25.6. The Morgan fingerprint density at radius 2 is 1.48 bits per heavy atom. The number of alkyl halides is 3. The summed E-state index contributed by atoms with van der Waals surface area (Å²) < 4.78 is 54.1. The summed E-state index contributed by atoms with van der Waals surface area (Å²) in [6.45, 7) is 3.51. The summed E-state index contributed by atoms with van der Waals surface area (Å²) in [6, 6.07) is 15.6. The summed E-state index contributed by atoms with van der Waals surface area (Å²) >= 11 is 0. The normalized spacial score (nSPS) is 18.9. The van der Waals surface area contributed by atoms with E-state index in [9.17, 15) is 13.2 Å². The predicted octanol–water partition coefficient (Wildman–Crippen LogP) is 7.89. The topological polar surface area (TPSA) is 27.7 Å². The molecule has 182 valence electrons. The summed E-state index contributed by atoms with van der Waals surface area (Å²) in [6.07, 6.45) is 2.57. The van der Waals surface area contributed by atoms with Crippen LogP contribution in [0.1, 0.15) is 70.0 Å². The molecule has 0 radical (unpaired) electrons. The molecule has 0 bridgehead atoms. The van der Waals surface area contributed by atoms with E-state index in [1.165, 1.54) is 32.1 Å². The van der Waals surface area contributed by atoms with Crippen LogP contribution in [-0.2, 0) is 9.47 Å². The van der Waals surface area contributed by atoms with Crippen molar-refractivity contribution in [1.82, 2.24) is 0 Å².